The van der Waals surface area contributed by atoms with Gasteiger partial charge in [-0.1, -0.05) is 24.3 Å². The van der Waals surface area contributed by atoms with Crippen molar-refractivity contribution in [1.29, 1.82) is 0 Å². The van der Waals surface area contributed by atoms with Crippen molar-refractivity contribution in [2.45, 2.75) is 38.3 Å². The molecular formula is C29H34N6O5. The van der Waals surface area contributed by atoms with Gasteiger partial charge in [0.1, 0.15) is 11.9 Å². The zero-order valence-electron chi connectivity index (χ0n) is 22.3. The van der Waals surface area contributed by atoms with Crippen LogP contribution in [-0.2, 0) is 16.1 Å². The summed E-state index contributed by atoms with van der Waals surface area (Å²) in [5.74, 6) is 1.54. The van der Waals surface area contributed by atoms with Gasteiger partial charge in [0.25, 0.3) is 5.91 Å². The summed E-state index contributed by atoms with van der Waals surface area (Å²) in [7, 11) is 0. The zero-order valence-corrected chi connectivity index (χ0v) is 22.3. The summed E-state index contributed by atoms with van der Waals surface area (Å²) in [5, 5.41) is 6.10. The third kappa shape index (κ3) is 7.04. The highest BCUT2D eigenvalue weighted by Crippen LogP contribution is 2.30. The predicted molar refractivity (Wildman–Crippen MR) is 150 cm³/mol. The van der Waals surface area contributed by atoms with Gasteiger partial charge in [-0.15, -0.1) is 0 Å². The number of carbonyl (C=O) groups excluding carboxylic acids is 2. The number of rotatable bonds is 13. The molecule has 1 fully saturated rings. The summed E-state index contributed by atoms with van der Waals surface area (Å²) in [4.78, 5) is 34.6. The Hall–Kier alpha value is -4.22. The number of hydrogen-bond donors (Lipinski definition) is 3. The van der Waals surface area contributed by atoms with E-state index in [9.17, 15) is 9.59 Å². The van der Waals surface area contributed by atoms with Crippen molar-refractivity contribution < 1.29 is 23.8 Å². The standard InChI is InChI=1S/C29H34N6O5/c30-13-2-1-3-15-38-27-9-5-8-23(32-27)21-7-4-6-20(16-21)17-31-14-12-22-18-35(29(37)40-22)25-11-10-24-28(33-25)34-26(36)19-39-24/h4-11,16,22,31H,1-3,12-15,17-19,30H2,(H,33,34,36). The summed E-state index contributed by atoms with van der Waals surface area (Å²) in [6, 6.07) is 17.4. The first-order chi connectivity index (χ1) is 19.6. The van der Waals surface area contributed by atoms with Crippen LogP contribution in [0.3, 0.4) is 0 Å². The van der Waals surface area contributed by atoms with Crippen LogP contribution in [0, 0.1) is 0 Å². The zero-order chi connectivity index (χ0) is 27.7. The van der Waals surface area contributed by atoms with Crippen molar-refractivity contribution >= 4 is 23.6 Å². The highest BCUT2D eigenvalue weighted by molar-refractivity contribution is 5.95. The number of aromatic nitrogens is 2. The van der Waals surface area contributed by atoms with Crippen LogP contribution < -0.4 is 30.7 Å². The minimum Gasteiger partial charge on any atom is -0.480 e. The molecule has 0 aliphatic carbocycles. The van der Waals surface area contributed by atoms with Gasteiger partial charge in [-0.25, -0.2) is 14.8 Å². The molecule has 210 valence electrons. The number of ether oxygens (including phenoxy) is 3. The van der Waals surface area contributed by atoms with Gasteiger partial charge in [0.15, 0.2) is 18.2 Å². The molecule has 1 atom stereocenters. The maximum Gasteiger partial charge on any atom is 0.415 e. The van der Waals surface area contributed by atoms with E-state index in [4.69, 9.17) is 19.9 Å². The molecule has 0 bridgehead atoms. The third-order valence-electron chi connectivity index (χ3n) is 6.63. The Morgan fingerprint density at radius 3 is 2.88 bits per heavy atom. The van der Waals surface area contributed by atoms with Gasteiger partial charge in [-0.2, -0.15) is 0 Å². The summed E-state index contributed by atoms with van der Waals surface area (Å²) in [6.45, 7) is 3.01. The first kappa shape index (κ1) is 27.4. The summed E-state index contributed by atoms with van der Waals surface area (Å²) in [6.07, 6.45) is 2.95. The smallest absolute Gasteiger partial charge is 0.415 e. The van der Waals surface area contributed by atoms with Gasteiger partial charge < -0.3 is 30.6 Å². The molecule has 4 heterocycles. The first-order valence-corrected chi connectivity index (χ1v) is 13.6. The minimum atomic E-state index is -0.456. The van der Waals surface area contributed by atoms with Crippen molar-refractivity contribution in [1.82, 2.24) is 15.3 Å². The first-order valence-electron chi connectivity index (χ1n) is 13.6. The number of cyclic esters (lactones) is 1. The van der Waals surface area contributed by atoms with Crippen molar-refractivity contribution in [3.63, 3.8) is 0 Å². The summed E-state index contributed by atoms with van der Waals surface area (Å²) in [5.41, 5.74) is 8.55. The van der Waals surface area contributed by atoms with Gasteiger partial charge in [0, 0.05) is 18.2 Å². The number of unbranched alkanes of at least 4 members (excludes halogenated alkanes) is 2. The SMILES string of the molecule is NCCCCCOc1cccc(-c2cccc(CNCCC3CN(c4ccc5c(n4)NC(=O)CO5)C(=O)O3)c2)n1. The number of hydrogen-bond acceptors (Lipinski definition) is 9. The molecule has 4 N–H and O–H groups in total. The highest BCUT2D eigenvalue weighted by atomic mass is 16.6. The van der Waals surface area contributed by atoms with Gasteiger partial charge in [-0.3, -0.25) is 9.69 Å². The lowest BCUT2D eigenvalue weighted by atomic mass is 10.1. The van der Waals surface area contributed by atoms with Crippen LogP contribution in [0.5, 0.6) is 11.6 Å². The predicted octanol–water partition coefficient (Wildman–Crippen LogP) is 3.49. The number of nitrogens with one attached hydrogen (secondary N) is 2. The van der Waals surface area contributed by atoms with Crippen LogP contribution in [0.25, 0.3) is 11.3 Å². The molecule has 11 heteroatoms. The molecule has 0 spiro atoms. The second-order valence-electron chi connectivity index (χ2n) is 9.69. The Kier molecular flexibility index (Phi) is 9.04. The van der Waals surface area contributed by atoms with E-state index in [0.29, 0.717) is 62.5 Å². The van der Waals surface area contributed by atoms with Gasteiger partial charge in [-0.05, 0) is 68.6 Å². The Labute approximate surface area is 233 Å². The largest absolute Gasteiger partial charge is 0.480 e. The number of anilines is 2. The Morgan fingerprint density at radius 1 is 1.07 bits per heavy atom. The topological polar surface area (TPSA) is 141 Å². The number of nitrogens with two attached hydrogens (primary N) is 1. The van der Waals surface area contributed by atoms with E-state index >= 15 is 0 Å². The summed E-state index contributed by atoms with van der Waals surface area (Å²) >= 11 is 0. The second-order valence-corrected chi connectivity index (χ2v) is 9.69. The van der Waals surface area contributed by atoms with Crippen molar-refractivity contribution in [2.24, 2.45) is 5.73 Å². The van der Waals surface area contributed by atoms with Gasteiger partial charge in [0.05, 0.1) is 18.8 Å². The van der Waals surface area contributed by atoms with Crippen LogP contribution in [-0.4, -0.2) is 60.9 Å². The van der Waals surface area contributed by atoms with E-state index < -0.39 is 6.09 Å². The summed E-state index contributed by atoms with van der Waals surface area (Å²) < 4.78 is 16.7. The van der Waals surface area contributed by atoms with Gasteiger partial charge >= 0.3 is 6.09 Å². The lowest BCUT2D eigenvalue weighted by Gasteiger charge is -2.19. The van der Waals surface area contributed by atoms with E-state index in [-0.39, 0.29) is 18.6 Å². The number of amides is 2. The van der Waals surface area contributed by atoms with Crippen LogP contribution >= 0.6 is 0 Å². The fourth-order valence-electron chi connectivity index (χ4n) is 4.56. The molecule has 2 aromatic heterocycles. The molecule has 2 aliphatic rings. The molecule has 1 saturated heterocycles. The molecule has 5 rings (SSSR count). The van der Waals surface area contributed by atoms with E-state index in [2.05, 4.69) is 32.7 Å². The Morgan fingerprint density at radius 2 is 1.98 bits per heavy atom. The third-order valence-corrected chi connectivity index (χ3v) is 6.63. The fraction of sp³-hybridized carbons (Fsp3) is 0.379. The molecule has 0 radical (unpaired) electrons. The molecule has 40 heavy (non-hydrogen) atoms. The number of carbonyl (C=O) groups is 2. The monoisotopic (exact) mass is 546 g/mol. The average molecular weight is 547 g/mol. The van der Waals surface area contributed by atoms with Crippen LogP contribution in [0.1, 0.15) is 31.2 Å². The van der Waals surface area contributed by atoms with Crippen LogP contribution in [0.2, 0.25) is 0 Å². The Bertz CT molecular complexity index is 1340. The molecule has 11 nitrogen and oxygen atoms in total. The van der Waals surface area contributed by atoms with E-state index in [1.54, 1.807) is 12.1 Å². The highest BCUT2D eigenvalue weighted by Gasteiger charge is 2.33. The molecule has 2 aliphatic heterocycles. The molecule has 1 unspecified atom stereocenters. The lowest BCUT2D eigenvalue weighted by molar-refractivity contribution is -0.118. The maximum atomic E-state index is 12.5. The lowest BCUT2D eigenvalue weighted by Crippen LogP contribution is -2.29. The quantitative estimate of drug-likeness (QED) is 0.275. The number of benzene rings is 1. The van der Waals surface area contributed by atoms with Crippen molar-refractivity contribution in [2.75, 3.05) is 43.1 Å². The Balaban J connectivity index is 1.09. The molecular weight excluding hydrogens is 512 g/mol. The second kappa shape index (κ2) is 13.2. The molecule has 0 saturated carbocycles. The van der Waals surface area contributed by atoms with Crippen LogP contribution in [0.15, 0.2) is 54.6 Å². The fourth-order valence-corrected chi connectivity index (χ4v) is 4.56. The van der Waals surface area contributed by atoms with Crippen molar-refractivity contribution in [3.05, 3.63) is 60.2 Å². The maximum absolute atomic E-state index is 12.5. The van der Waals surface area contributed by atoms with Crippen molar-refractivity contribution in [3.8, 4) is 22.9 Å². The molecule has 3 aromatic rings. The molecule has 1 aromatic carbocycles. The normalized spacial score (nSPS) is 16.2. The minimum absolute atomic E-state index is 0.0472. The average Bonchev–Trinajstić information content (AvgIpc) is 3.35. The van der Waals surface area contributed by atoms with E-state index in [1.807, 2.05) is 30.3 Å². The van der Waals surface area contributed by atoms with Crippen LogP contribution in [0.4, 0.5) is 16.4 Å². The number of pyridine rings is 2. The van der Waals surface area contributed by atoms with Gasteiger partial charge in [0.2, 0.25) is 5.88 Å². The number of fused-ring (bicyclic) bond motifs is 1. The number of nitrogens with zero attached hydrogens (tertiary/aromatic N) is 3. The molecule has 2 amide bonds. The van der Waals surface area contributed by atoms with E-state index in [0.717, 1.165) is 36.1 Å². The van der Waals surface area contributed by atoms with E-state index in [1.165, 1.54) is 4.90 Å².